The van der Waals surface area contributed by atoms with E-state index in [4.69, 9.17) is 4.74 Å². The Bertz CT molecular complexity index is 1050. The number of nitrogens with zero attached hydrogens (tertiary/aromatic N) is 2. The molecule has 0 aliphatic carbocycles. The number of hydrogen-bond acceptors (Lipinski definition) is 4. The zero-order valence-corrected chi connectivity index (χ0v) is 15.3. The Morgan fingerprint density at radius 2 is 1.82 bits per heavy atom. The molecule has 28 heavy (non-hydrogen) atoms. The van der Waals surface area contributed by atoms with E-state index >= 15 is 0 Å². The summed E-state index contributed by atoms with van der Waals surface area (Å²) >= 11 is 0. The smallest absolute Gasteiger partial charge is 0.269 e. The van der Waals surface area contributed by atoms with E-state index in [1.165, 1.54) is 17.7 Å². The van der Waals surface area contributed by atoms with Gasteiger partial charge in [-0.25, -0.2) is 0 Å². The maximum Gasteiger partial charge on any atom is 0.269 e. The molecule has 0 heterocycles. The number of rotatable bonds is 6. The maximum absolute atomic E-state index is 10.7. The van der Waals surface area contributed by atoms with Gasteiger partial charge in [0.05, 0.1) is 16.6 Å². The second-order valence-electron chi connectivity index (χ2n) is 6.32. The highest BCUT2D eigenvalue weighted by molar-refractivity contribution is 5.89. The monoisotopic (exact) mass is 370 g/mol. The van der Waals surface area contributed by atoms with Crippen molar-refractivity contribution < 1.29 is 9.66 Å². The summed E-state index contributed by atoms with van der Waals surface area (Å²) in [5.41, 5.74) is 4.20. The lowest BCUT2D eigenvalue weighted by Crippen LogP contribution is -1.95. The predicted octanol–water partition coefficient (Wildman–Crippen LogP) is 5.55. The highest BCUT2D eigenvalue weighted by Crippen LogP contribution is 2.22. The van der Waals surface area contributed by atoms with Crippen molar-refractivity contribution in [1.82, 2.24) is 0 Å². The minimum absolute atomic E-state index is 0.00356. The van der Waals surface area contributed by atoms with Gasteiger partial charge in [-0.3, -0.25) is 10.1 Å². The number of ether oxygens (including phenoxy) is 1. The van der Waals surface area contributed by atoms with E-state index in [2.05, 4.69) is 12.1 Å². The Morgan fingerprint density at radius 1 is 1.11 bits per heavy atom. The molecule has 0 radical (unpaired) electrons. The molecule has 0 aliphatic rings. The fourth-order valence-electron chi connectivity index (χ4n) is 2.74. The Labute approximate surface area is 163 Å². The van der Waals surface area contributed by atoms with Gasteiger partial charge in [-0.1, -0.05) is 42.0 Å². The third-order valence-electron chi connectivity index (χ3n) is 4.19. The van der Waals surface area contributed by atoms with Gasteiger partial charge in [0.2, 0.25) is 0 Å². The van der Waals surface area contributed by atoms with Gasteiger partial charge in [0, 0.05) is 12.1 Å². The van der Waals surface area contributed by atoms with Crippen LogP contribution in [0.1, 0.15) is 22.3 Å². The van der Waals surface area contributed by atoms with Gasteiger partial charge in [-0.05, 0) is 54.0 Å². The summed E-state index contributed by atoms with van der Waals surface area (Å²) in [4.78, 5) is 10.3. The number of non-ortho nitro benzene ring substituents is 1. The van der Waals surface area contributed by atoms with Crippen LogP contribution in [0.25, 0.3) is 11.6 Å². The minimum atomic E-state index is -0.463. The van der Waals surface area contributed by atoms with Crippen molar-refractivity contribution in [2.24, 2.45) is 0 Å². The van der Waals surface area contributed by atoms with Crippen molar-refractivity contribution in [3.63, 3.8) is 0 Å². The van der Waals surface area contributed by atoms with E-state index < -0.39 is 4.92 Å². The second kappa shape index (κ2) is 8.65. The van der Waals surface area contributed by atoms with Gasteiger partial charge >= 0.3 is 0 Å². The molecule has 0 spiro atoms. The third kappa shape index (κ3) is 4.83. The summed E-state index contributed by atoms with van der Waals surface area (Å²) in [6, 6.07) is 23.7. The first kappa shape index (κ1) is 18.9. The SMILES string of the molecule is Cc1cccc(COc2ccc(/C=C(/C#N)c3ccc([N+](=O)[O-])cc3)cc2)c1. The van der Waals surface area contributed by atoms with E-state index in [-0.39, 0.29) is 5.69 Å². The number of aryl methyl sites for hydroxylation is 1. The lowest BCUT2D eigenvalue weighted by molar-refractivity contribution is -0.384. The van der Waals surface area contributed by atoms with Crippen molar-refractivity contribution in [2.75, 3.05) is 0 Å². The molecule has 5 heteroatoms. The molecule has 0 aliphatic heterocycles. The van der Waals surface area contributed by atoms with Gasteiger partial charge in [-0.15, -0.1) is 0 Å². The van der Waals surface area contributed by atoms with Crippen molar-refractivity contribution in [2.45, 2.75) is 13.5 Å². The molecular formula is C23H18N2O3. The largest absolute Gasteiger partial charge is 0.489 e. The molecule has 5 nitrogen and oxygen atoms in total. The van der Waals surface area contributed by atoms with E-state index in [0.29, 0.717) is 17.7 Å². The molecule has 3 aromatic rings. The lowest BCUT2D eigenvalue weighted by Gasteiger charge is -2.07. The zero-order valence-electron chi connectivity index (χ0n) is 15.3. The fourth-order valence-corrected chi connectivity index (χ4v) is 2.74. The number of benzene rings is 3. The summed E-state index contributed by atoms with van der Waals surface area (Å²) in [6.45, 7) is 2.53. The van der Waals surface area contributed by atoms with Crippen LogP contribution < -0.4 is 4.74 Å². The quantitative estimate of drug-likeness (QED) is 0.247. The maximum atomic E-state index is 10.7. The van der Waals surface area contributed by atoms with Crippen LogP contribution in [0, 0.1) is 28.4 Å². The van der Waals surface area contributed by atoms with Crippen LogP contribution in [0.5, 0.6) is 5.75 Å². The Hall–Kier alpha value is -3.91. The molecule has 0 aromatic heterocycles. The molecule has 0 unspecified atom stereocenters. The highest BCUT2D eigenvalue weighted by atomic mass is 16.6. The summed E-state index contributed by atoms with van der Waals surface area (Å²) in [5.74, 6) is 0.743. The van der Waals surface area contributed by atoms with E-state index in [1.54, 1.807) is 18.2 Å². The molecule has 0 amide bonds. The van der Waals surface area contributed by atoms with Crippen LogP contribution in [0.15, 0.2) is 72.8 Å². The first-order valence-corrected chi connectivity index (χ1v) is 8.70. The average molecular weight is 370 g/mol. The topological polar surface area (TPSA) is 76.2 Å². The van der Waals surface area contributed by atoms with Crippen molar-refractivity contribution in [3.8, 4) is 11.8 Å². The minimum Gasteiger partial charge on any atom is -0.489 e. The summed E-state index contributed by atoms with van der Waals surface area (Å²) in [7, 11) is 0. The van der Waals surface area contributed by atoms with Gasteiger partial charge in [0.15, 0.2) is 0 Å². The number of allylic oxidation sites excluding steroid dienone is 1. The fraction of sp³-hybridized carbons (Fsp3) is 0.0870. The van der Waals surface area contributed by atoms with Crippen LogP contribution in [-0.2, 0) is 6.61 Å². The van der Waals surface area contributed by atoms with Crippen LogP contribution >= 0.6 is 0 Å². The van der Waals surface area contributed by atoms with Gasteiger partial charge in [0.1, 0.15) is 12.4 Å². The molecule has 0 saturated carbocycles. The predicted molar refractivity (Wildman–Crippen MR) is 109 cm³/mol. The van der Waals surface area contributed by atoms with E-state index in [1.807, 2.05) is 49.4 Å². The van der Waals surface area contributed by atoms with E-state index in [9.17, 15) is 15.4 Å². The molecule has 0 fully saturated rings. The molecule has 0 atom stereocenters. The molecule has 3 rings (SSSR count). The number of hydrogen-bond donors (Lipinski definition) is 0. The first-order chi connectivity index (χ1) is 13.5. The second-order valence-corrected chi connectivity index (χ2v) is 6.32. The summed E-state index contributed by atoms with van der Waals surface area (Å²) in [5, 5.41) is 20.2. The van der Waals surface area contributed by atoms with Crippen molar-refractivity contribution in [1.29, 1.82) is 5.26 Å². The highest BCUT2D eigenvalue weighted by Gasteiger charge is 2.07. The van der Waals surface area contributed by atoms with Gasteiger partial charge in [-0.2, -0.15) is 5.26 Å². The van der Waals surface area contributed by atoms with Crippen LogP contribution in [0.3, 0.4) is 0 Å². The van der Waals surface area contributed by atoms with Gasteiger partial charge < -0.3 is 4.74 Å². The molecule has 3 aromatic carbocycles. The molecule has 0 saturated heterocycles. The summed E-state index contributed by atoms with van der Waals surface area (Å²) < 4.78 is 5.80. The standard InChI is InChI=1S/C23H18N2O3/c1-17-3-2-4-19(13-17)16-28-23-11-5-18(6-12-23)14-21(15-24)20-7-9-22(10-8-20)25(26)27/h2-14H,16H2,1H3/b21-14-. The molecule has 0 N–H and O–H groups in total. The van der Waals surface area contributed by atoms with E-state index in [0.717, 1.165) is 16.9 Å². The normalized spacial score (nSPS) is 10.9. The van der Waals surface area contributed by atoms with Crippen molar-refractivity contribution >= 4 is 17.3 Å². The molecule has 138 valence electrons. The first-order valence-electron chi connectivity index (χ1n) is 8.70. The Morgan fingerprint density at radius 3 is 2.43 bits per heavy atom. The average Bonchev–Trinajstić information content (AvgIpc) is 2.71. The zero-order chi connectivity index (χ0) is 19.9. The number of nitro groups is 1. The molecule has 0 bridgehead atoms. The Balaban J connectivity index is 1.71. The lowest BCUT2D eigenvalue weighted by atomic mass is 10.0. The molecular weight excluding hydrogens is 352 g/mol. The van der Waals surface area contributed by atoms with Crippen LogP contribution in [0.4, 0.5) is 5.69 Å². The van der Waals surface area contributed by atoms with Crippen molar-refractivity contribution in [3.05, 3.63) is 105 Å². The van der Waals surface area contributed by atoms with Gasteiger partial charge in [0.25, 0.3) is 5.69 Å². The van der Waals surface area contributed by atoms with Crippen LogP contribution in [0.2, 0.25) is 0 Å². The Kier molecular flexibility index (Phi) is 5.83. The van der Waals surface area contributed by atoms with Crippen LogP contribution in [-0.4, -0.2) is 4.92 Å². The number of nitro benzene ring substituents is 1. The summed E-state index contributed by atoms with van der Waals surface area (Å²) in [6.07, 6.45) is 1.74. The third-order valence-corrected chi connectivity index (χ3v) is 4.19. The number of nitriles is 1.